The Labute approximate surface area is 89.8 Å². The van der Waals surface area contributed by atoms with Gasteiger partial charge in [0.15, 0.2) is 0 Å². The number of aryl methyl sites for hydroxylation is 1. The zero-order chi connectivity index (χ0) is 10.7. The topological polar surface area (TPSA) is 38.9 Å². The number of nitrogens with zero attached hydrogens (tertiary/aromatic N) is 1. The molecule has 0 aliphatic carbocycles. The van der Waals surface area contributed by atoms with E-state index in [0.29, 0.717) is 0 Å². The monoisotopic (exact) mass is 198 g/mol. The predicted molar refractivity (Wildman–Crippen MR) is 61.4 cm³/mol. The van der Waals surface area contributed by atoms with E-state index in [2.05, 4.69) is 4.98 Å². The molecule has 2 nitrogen and oxygen atoms in total. The first kappa shape index (κ1) is 9.87. The molecule has 0 fully saturated rings. The summed E-state index contributed by atoms with van der Waals surface area (Å²) in [6.07, 6.45) is 1.84. The Morgan fingerprint density at radius 1 is 1.00 bits per heavy atom. The van der Waals surface area contributed by atoms with Crippen molar-refractivity contribution in [2.75, 3.05) is 0 Å². The summed E-state index contributed by atoms with van der Waals surface area (Å²) in [5, 5.41) is 0. The van der Waals surface area contributed by atoms with Crippen molar-refractivity contribution in [3.05, 3.63) is 65.5 Å². The van der Waals surface area contributed by atoms with Crippen molar-refractivity contribution < 1.29 is 0 Å². The molecule has 0 bridgehead atoms. The van der Waals surface area contributed by atoms with Gasteiger partial charge in [-0.3, -0.25) is 4.98 Å². The third-order valence-corrected chi connectivity index (χ3v) is 2.45. The summed E-state index contributed by atoms with van der Waals surface area (Å²) in [4.78, 5) is 4.25. The summed E-state index contributed by atoms with van der Waals surface area (Å²) in [6, 6.07) is 14.0. The second kappa shape index (κ2) is 4.24. The van der Waals surface area contributed by atoms with Gasteiger partial charge in [-0.15, -0.1) is 0 Å². The van der Waals surface area contributed by atoms with Crippen molar-refractivity contribution in [1.29, 1.82) is 0 Å². The van der Waals surface area contributed by atoms with Crippen LogP contribution < -0.4 is 5.73 Å². The largest absolute Gasteiger partial charge is 0.320 e. The van der Waals surface area contributed by atoms with Crippen LogP contribution >= 0.6 is 0 Å². The van der Waals surface area contributed by atoms with E-state index < -0.39 is 0 Å². The average Bonchev–Trinajstić information content (AvgIpc) is 2.30. The fourth-order valence-corrected chi connectivity index (χ4v) is 1.52. The summed E-state index contributed by atoms with van der Waals surface area (Å²) in [5.41, 5.74) is 9.30. The zero-order valence-corrected chi connectivity index (χ0v) is 8.72. The number of pyridine rings is 1. The van der Waals surface area contributed by atoms with Crippen LogP contribution in [0, 0.1) is 6.92 Å². The van der Waals surface area contributed by atoms with Gasteiger partial charge in [-0.1, -0.05) is 36.4 Å². The number of hydrogen-bond acceptors (Lipinski definition) is 2. The summed E-state index contributed by atoms with van der Waals surface area (Å²) < 4.78 is 0. The lowest BCUT2D eigenvalue weighted by molar-refractivity contribution is 0.860. The Morgan fingerprint density at radius 2 is 1.73 bits per heavy atom. The van der Waals surface area contributed by atoms with Crippen molar-refractivity contribution in [3.8, 4) is 0 Å². The van der Waals surface area contributed by atoms with E-state index in [1.165, 1.54) is 0 Å². The molecule has 1 unspecified atom stereocenters. The maximum atomic E-state index is 6.13. The number of benzene rings is 1. The lowest BCUT2D eigenvalue weighted by Gasteiger charge is -2.11. The average molecular weight is 198 g/mol. The molecule has 76 valence electrons. The number of aromatic nitrogens is 1. The Kier molecular flexibility index (Phi) is 2.79. The number of nitrogens with two attached hydrogens (primary N) is 1. The van der Waals surface area contributed by atoms with E-state index in [4.69, 9.17) is 5.73 Å². The molecule has 2 aromatic rings. The van der Waals surface area contributed by atoms with Gasteiger partial charge >= 0.3 is 0 Å². The van der Waals surface area contributed by atoms with Gasteiger partial charge in [-0.2, -0.15) is 0 Å². The van der Waals surface area contributed by atoms with Gasteiger partial charge in [-0.05, 0) is 24.1 Å². The van der Waals surface area contributed by atoms with Gasteiger partial charge in [0.1, 0.15) is 0 Å². The maximum absolute atomic E-state index is 6.13. The Morgan fingerprint density at radius 3 is 2.33 bits per heavy atom. The van der Waals surface area contributed by atoms with Crippen LogP contribution in [0.1, 0.15) is 22.9 Å². The highest BCUT2D eigenvalue weighted by molar-refractivity contribution is 5.29. The normalized spacial score (nSPS) is 12.4. The number of rotatable bonds is 2. The molecule has 1 heterocycles. The first-order chi connectivity index (χ1) is 7.27. The fraction of sp³-hybridized carbons (Fsp3) is 0.154. The first-order valence-electron chi connectivity index (χ1n) is 5.00. The maximum Gasteiger partial charge on any atom is 0.0566 e. The molecule has 1 atom stereocenters. The lowest BCUT2D eigenvalue weighted by Crippen LogP contribution is -2.11. The Bertz CT molecular complexity index is 420. The molecule has 0 aliphatic rings. The first-order valence-corrected chi connectivity index (χ1v) is 5.00. The molecule has 15 heavy (non-hydrogen) atoms. The van der Waals surface area contributed by atoms with E-state index in [0.717, 1.165) is 16.8 Å². The molecule has 0 aliphatic heterocycles. The SMILES string of the molecule is Cc1ccc(C(N)c2ccccc2)cn1. The van der Waals surface area contributed by atoms with Crippen LogP contribution in [0.2, 0.25) is 0 Å². The molecular formula is C13H14N2. The molecule has 0 radical (unpaired) electrons. The van der Waals surface area contributed by atoms with Crippen molar-refractivity contribution in [2.24, 2.45) is 5.73 Å². The van der Waals surface area contributed by atoms with Gasteiger partial charge in [0.05, 0.1) is 6.04 Å². The van der Waals surface area contributed by atoms with Crippen molar-refractivity contribution in [1.82, 2.24) is 4.98 Å². The highest BCUT2D eigenvalue weighted by atomic mass is 14.7. The third kappa shape index (κ3) is 2.22. The zero-order valence-electron chi connectivity index (χ0n) is 8.72. The van der Waals surface area contributed by atoms with Crippen LogP contribution in [0.3, 0.4) is 0 Å². The summed E-state index contributed by atoms with van der Waals surface area (Å²) >= 11 is 0. The van der Waals surface area contributed by atoms with Gasteiger partial charge in [0.2, 0.25) is 0 Å². The van der Waals surface area contributed by atoms with E-state index >= 15 is 0 Å². The lowest BCUT2D eigenvalue weighted by atomic mass is 10.0. The van der Waals surface area contributed by atoms with Gasteiger partial charge in [0.25, 0.3) is 0 Å². The van der Waals surface area contributed by atoms with E-state index in [-0.39, 0.29) is 6.04 Å². The van der Waals surface area contributed by atoms with Crippen LogP contribution in [0.5, 0.6) is 0 Å². The summed E-state index contributed by atoms with van der Waals surface area (Å²) in [5.74, 6) is 0. The smallest absolute Gasteiger partial charge is 0.0566 e. The van der Waals surface area contributed by atoms with Crippen LogP contribution in [0.15, 0.2) is 48.7 Å². The van der Waals surface area contributed by atoms with E-state index in [1.807, 2.05) is 55.6 Å². The van der Waals surface area contributed by atoms with Crippen molar-refractivity contribution in [2.45, 2.75) is 13.0 Å². The molecule has 0 amide bonds. The minimum absolute atomic E-state index is 0.0840. The highest BCUT2D eigenvalue weighted by Crippen LogP contribution is 2.18. The standard InChI is InChI=1S/C13H14N2/c1-10-7-8-12(9-15-10)13(14)11-5-3-2-4-6-11/h2-9,13H,14H2,1H3. The molecule has 0 saturated carbocycles. The quantitative estimate of drug-likeness (QED) is 0.805. The van der Waals surface area contributed by atoms with E-state index in [1.54, 1.807) is 0 Å². The van der Waals surface area contributed by atoms with Gasteiger partial charge in [-0.25, -0.2) is 0 Å². The predicted octanol–water partition coefficient (Wildman–Crippen LogP) is 2.44. The van der Waals surface area contributed by atoms with Crippen LogP contribution in [-0.4, -0.2) is 4.98 Å². The second-order valence-corrected chi connectivity index (χ2v) is 3.62. The number of hydrogen-bond donors (Lipinski definition) is 1. The summed E-state index contributed by atoms with van der Waals surface area (Å²) in [7, 11) is 0. The minimum Gasteiger partial charge on any atom is -0.320 e. The fourth-order valence-electron chi connectivity index (χ4n) is 1.52. The minimum atomic E-state index is -0.0840. The van der Waals surface area contributed by atoms with Gasteiger partial charge in [0, 0.05) is 11.9 Å². The van der Waals surface area contributed by atoms with Crippen LogP contribution in [-0.2, 0) is 0 Å². The highest BCUT2D eigenvalue weighted by Gasteiger charge is 2.07. The molecule has 2 heteroatoms. The molecule has 1 aromatic carbocycles. The van der Waals surface area contributed by atoms with Crippen LogP contribution in [0.25, 0.3) is 0 Å². The molecule has 2 rings (SSSR count). The van der Waals surface area contributed by atoms with Crippen LogP contribution in [0.4, 0.5) is 0 Å². The van der Waals surface area contributed by atoms with Gasteiger partial charge < -0.3 is 5.73 Å². The Balaban J connectivity index is 2.29. The van der Waals surface area contributed by atoms with Crippen molar-refractivity contribution >= 4 is 0 Å². The molecule has 0 spiro atoms. The van der Waals surface area contributed by atoms with Crippen molar-refractivity contribution in [3.63, 3.8) is 0 Å². The second-order valence-electron chi connectivity index (χ2n) is 3.62. The molecule has 1 aromatic heterocycles. The summed E-state index contributed by atoms with van der Waals surface area (Å²) in [6.45, 7) is 1.97. The Hall–Kier alpha value is -1.67. The van der Waals surface area contributed by atoms with E-state index in [9.17, 15) is 0 Å². The molecular weight excluding hydrogens is 184 g/mol. The third-order valence-electron chi connectivity index (χ3n) is 2.45. The molecule has 2 N–H and O–H groups in total. The molecule has 0 saturated heterocycles.